The van der Waals surface area contributed by atoms with Crippen LogP contribution in [0.2, 0.25) is 0 Å². The van der Waals surface area contributed by atoms with Crippen molar-refractivity contribution < 1.29 is 5.11 Å². The predicted octanol–water partition coefficient (Wildman–Crippen LogP) is 2.72. The topological polar surface area (TPSA) is 32.3 Å². The molecule has 94 valence electrons. The van der Waals surface area contributed by atoms with Crippen molar-refractivity contribution in [1.82, 2.24) is 5.32 Å². The minimum atomic E-state index is -0.377. The Balaban J connectivity index is 2.15. The first kappa shape index (κ1) is 12.6. The fourth-order valence-corrected chi connectivity index (χ4v) is 2.76. The molecule has 0 radical (unpaired) electrons. The summed E-state index contributed by atoms with van der Waals surface area (Å²) >= 11 is 0. The van der Waals surface area contributed by atoms with Crippen LogP contribution in [0.1, 0.15) is 42.6 Å². The molecule has 1 heterocycles. The summed E-state index contributed by atoms with van der Waals surface area (Å²) in [5.74, 6) is 0.710. The van der Waals surface area contributed by atoms with Crippen LogP contribution in [0.4, 0.5) is 0 Å². The molecule has 0 spiro atoms. The van der Waals surface area contributed by atoms with E-state index in [1.165, 1.54) is 17.5 Å². The summed E-state index contributed by atoms with van der Waals surface area (Å²) in [6, 6.07) is 6.50. The van der Waals surface area contributed by atoms with E-state index in [0.717, 1.165) is 18.5 Å². The van der Waals surface area contributed by atoms with Crippen molar-refractivity contribution in [3.05, 3.63) is 34.9 Å². The summed E-state index contributed by atoms with van der Waals surface area (Å²) in [5.41, 5.74) is 3.52. The van der Waals surface area contributed by atoms with Gasteiger partial charge in [-0.2, -0.15) is 0 Å². The van der Waals surface area contributed by atoms with E-state index in [9.17, 15) is 5.11 Å². The molecule has 0 saturated carbocycles. The molecule has 0 amide bonds. The lowest BCUT2D eigenvalue weighted by Crippen LogP contribution is -2.41. The van der Waals surface area contributed by atoms with Gasteiger partial charge in [0.1, 0.15) is 0 Å². The Morgan fingerprint density at radius 3 is 2.76 bits per heavy atom. The van der Waals surface area contributed by atoms with Crippen LogP contribution in [-0.4, -0.2) is 17.7 Å². The van der Waals surface area contributed by atoms with Gasteiger partial charge in [-0.15, -0.1) is 0 Å². The van der Waals surface area contributed by atoms with Gasteiger partial charge in [0.15, 0.2) is 0 Å². The van der Waals surface area contributed by atoms with Crippen LogP contribution in [-0.2, 0) is 0 Å². The van der Waals surface area contributed by atoms with Crippen molar-refractivity contribution in [2.24, 2.45) is 5.92 Å². The van der Waals surface area contributed by atoms with Gasteiger partial charge in [0.05, 0.1) is 6.10 Å². The number of aryl methyl sites for hydroxylation is 2. The van der Waals surface area contributed by atoms with Crippen LogP contribution in [0.25, 0.3) is 0 Å². The minimum Gasteiger partial charge on any atom is -0.387 e. The summed E-state index contributed by atoms with van der Waals surface area (Å²) in [6.45, 7) is 7.46. The smallest absolute Gasteiger partial charge is 0.0945 e. The molecule has 2 heteroatoms. The highest BCUT2D eigenvalue weighted by Gasteiger charge is 2.26. The van der Waals surface area contributed by atoms with E-state index < -0.39 is 0 Å². The van der Waals surface area contributed by atoms with Gasteiger partial charge in [-0.1, -0.05) is 30.7 Å². The molecule has 0 bridgehead atoms. The zero-order valence-corrected chi connectivity index (χ0v) is 11.0. The molecule has 1 aromatic rings. The monoisotopic (exact) mass is 233 g/mol. The van der Waals surface area contributed by atoms with Crippen LogP contribution >= 0.6 is 0 Å². The number of hydrogen-bond acceptors (Lipinski definition) is 2. The maximum Gasteiger partial charge on any atom is 0.0945 e. The van der Waals surface area contributed by atoms with E-state index >= 15 is 0 Å². The van der Waals surface area contributed by atoms with E-state index in [4.69, 9.17) is 0 Å². The van der Waals surface area contributed by atoms with Gasteiger partial charge in [-0.05, 0) is 50.3 Å². The predicted molar refractivity (Wildman–Crippen MR) is 71.1 cm³/mol. The van der Waals surface area contributed by atoms with Crippen molar-refractivity contribution in [3.63, 3.8) is 0 Å². The van der Waals surface area contributed by atoms with Gasteiger partial charge in [-0.25, -0.2) is 0 Å². The zero-order chi connectivity index (χ0) is 12.4. The van der Waals surface area contributed by atoms with Gasteiger partial charge in [0.25, 0.3) is 0 Å². The second-order valence-corrected chi connectivity index (χ2v) is 5.50. The second-order valence-electron chi connectivity index (χ2n) is 5.50. The molecule has 1 fully saturated rings. The molecule has 1 aliphatic heterocycles. The largest absolute Gasteiger partial charge is 0.387 e. The van der Waals surface area contributed by atoms with Crippen LogP contribution in [0.3, 0.4) is 0 Å². The van der Waals surface area contributed by atoms with Crippen LogP contribution in [0.15, 0.2) is 18.2 Å². The maximum absolute atomic E-state index is 10.5. The zero-order valence-electron chi connectivity index (χ0n) is 11.0. The standard InChI is InChI=1S/C15H23NO/c1-10-4-5-13(12(3)8-10)15(17)14-9-11(2)6-7-16-14/h4-5,8,11,14-17H,6-7,9H2,1-3H3. The lowest BCUT2D eigenvalue weighted by Gasteiger charge is -2.32. The lowest BCUT2D eigenvalue weighted by molar-refractivity contribution is 0.101. The summed E-state index contributed by atoms with van der Waals surface area (Å²) in [7, 11) is 0. The van der Waals surface area contributed by atoms with Crippen molar-refractivity contribution in [2.75, 3.05) is 6.54 Å². The van der Waals surface area contributed by atoms with Crippen molar-refractivity contribution in [3.8, 4) is 0 Å². The Labute approximate surface area is 104 Å². The van der Waals surface area contributed by atoms with Gasteiger partial charge in [0.2, 0.25) is 0 Å². The molecular formula is C15H23NO. The third-order valence-electron chi connectivity index (χ3n) is 3.83. The van der Waals surface area contributed by atoms with Crippen LogP contribution in [0, 0.1) is 19.8 Å². The average Bonchev–Trinajstić information content (AvgIpc) is 2.28. The Hall–Kier alpha value is -0.860. The summed E-state index contributed by atoms with van der Waals surface area (Å²) in [6.07, 6.45) is 1.91. The van der Waals surface area contributed by atoms with Gasteiger partial charge >= 0.3 is 0 Å². The molecule has 1 saturated heterocycles. The third-order valence-corrected chi connectivity index (χ3v) is 3.83. The van der Waals surface area contributed by atoms with Crippen molar-refractivity contribution in [2.45, 2.75) is 45.8 Å². The molecular weight excluding hydrogens is 210 g/mol. The lowest BCUT2D eigenvalue weighted by atomic mass is 9.87. The number of benzene rings is 1. The quantitative estimate of drug-likeness (QED) is 0.823. The number of nitrogens with one attached hydrogen (secondary N) is 1. The van der Waals surface area contributed by atoms with E-state index in [2.05, 4.69) is 44.3 Å². The molecule has 0 aromatic heterocycles. The number of piperidine rings is 1. The summed E-state index contributed by atoms with van der Waals surface area (Å²) in [4.78, 5) is 0. The number of aliphatic hydroxyl groups is 1. The Kier molecular flexibility index (Phi) is 3.85. The molecule has 3 atom stereocenters. The van der Waals surface area contributed by atoms with Crippen molar-refractivity contribution >= 4 is 0 Å². The molecule has 1 aliphatic rings. The molecule has 0 aliphatic carbocycles. The normalized spacial score (nSPS) is 26.8. The molecule has 2 N–H and O–H groups in total. The Bertz CT molecular complexity index is 389. The third kappa shape index (κ3) is 2.88. The second kappa shape index (κ2) is 5.19. The molecule has 3 unspecified atom stereocenters. The highest BCUT2D eigenvalue weighted by molar-refractivity contribution is 5.32. The van der Waals surface area contributed by atoms with Gasteiger partial charge < -0.3 is 10.4 Å². The van der Waals surface area contributed by atoms with E-state index in [1.807, 2.05) is 0 Å². The van der Waals surface area contributed by atoms with Gasteiger partial charge in [-0.3, -0.25) is 0 Å². The highest BCUT2D eigenvalue weighted by Crippen LogP contribution is 2.27. The van der Waals surface area contributed by atoms with Crippen LogP contribution < -0.4 is 5.32 Å². The molecule has 1 aromatic carbocycles. The molecule has 2 nitrogen and oxygen atoms in total. The van der Waals surface area contributed by atoms with Gasteiger partial charge in [0, 0.05) is 6.04 Å². The highest BCUT2D eigenvalue weighted by atomic mass is 16.3. The summed E-state index contributed by atoms with van der Waals surface area (Å²) < 4.78 is 0. The first-order valence-corrected chi connectivity index (χ1v) is 6.56. The average molecular weight is 233 g/mol. The Morgan fingerprint density at radius 2 is 2.12 bits per heavy atom. The minimum absolute atomic E-state index is 0.208. The Morgan fingerprint density at radius 1 is 1.35 bits per heavy atom. The van der Waals surface area contributed by atoms with Crippen LogP contribution in [0.5, 0.6) is 0 Å². The number of aliphatic hydroxyl groups excluding tert-OH is 1. The number of rotatable bonds is 2. The first-order valence-electron chi connectivity index (χ1n) is 6.56. The van der Waals surface area contributed by atoms with E-state index in [-0.39, 0.29) is 12.1 Å². The fourth-order valence-electron chi connectivity index (χ4n) is 2.76. The van der Waals surface area contributed by atoms with E-state index in [0.29, 0.717) is 5.92 Å². The van der Waals surface area contributed by atoms with E-state index in [1.54, 1.807) is 0 Å². The summed E-state index contributed by atoms with van der Waals surface area (Å²) in [5, 5.41) is 13.9. The molecule has 2 rings (SSSR count). The number of hydrogen-bond donors (Lipinski definition) is 2. The first-order chi connectivity index (χ1) is 8.08. The van der Waals surface area contributed by atoms with Crippen molar-refractivity contribution in [1.29, 1.82) is 0 Å². The SMILES string of the molecule is Cc1ccc(C(O)C2CC(C)CCN2)c(C)c1. The molecule has 17 heavy (non-hydrogen) atoms. The maximum atomic E-state index is 10.5. The fraction of sp³-hybridized carbons (Fsp3) is 0.600.